The van der Waals surface area contributed by atoms with E-state index >= 15 is 0 Å². The van der Waals surface area contributed by atoms with Gasteiger partial charge < -0.3 is 0 Å². The van der Waals surface area contributed by atoms with Crippen LogP contribution in [0, 0.1) is 0 Å². The molecule has 0 fully saturated rings. The Morgan fingerprint density at radius 2 is 2.08 bits per heavy atom. The van der Waals surface area contributed by atoms with E-state index in [-0.39, 0.29) is 0 Å². The third kappa shape index (κ3) is 1.99. The summed E-state index contributed by atoms with van der Waals surface area (Å²) in [6, 6.07) is 7.47. The van der Waals surface area contributed by atoms with E-state index in [1.807, 2.05) is 24.3 Å². The van der Waals surface area contributed by atoms with Gasteiger partial charge >= 0.3 is 0 Å². The molecule has 1 N–H and O–H groups in total. The summed E-state index contributed by atoms with van der Waals surface area (Å²) in [6.07, 6.45) is 0. The molecule has 0 aromatic heterocycles. The van der Waals surface area contributed by atoms with Crippen molar-refractivity contribution in [2.24, 2.45) is 4.99 Å². The van der Waals surface area contributed by atoms with Crippen molar-refractivity contribution in [1.82, 2.24) is 5.48 Å². The first kappa shape index (κ1) is 8.53. The van der Waals surface area contributed by atoms with Crippen LogP contribution in [-0.4, -0.2) is 19.0 Å². The molecule has 2 rings (SSSR count). The zero-order valence-corrected chi connectivity index (χ0v) is 7.71. The van der Waals surface area contributed by atoms with Crippen LogP contribution in [0.5, 0.6) is 0 Å². The molecule has 4 heteroatoms. The van der Waals surface area contributed by atoms with Crippen molar-refractivity contribution in [3.05, 3.63) is 34.9 Å². The Balaban J connectivity index is 2.24. The average Bonchev–Trinajstić information content (AvgIpc) is 2.20. The van der Waals surface area contributed by atoms with Crippen LogP contribution in [0.2, 0.25) is 5.02 Å². The lowest BCUT2D eigenvalue weighted by Gasteiger charge is -2.14. The molecule has 0 bridgehead atoms. The number of amidine groups is 1. The van der Waals surface area contributed by atoms with Gasteiger partial charge in [-0.1, -0.05) is 11.6 Å². The fourth-order valence-electron chi connectivity index (χ4n) is 1.11. The Morgan fingerprint density at radius 1 is 1.31 bits per heavy atom. The van der Waals surface area contributed by atoms with Gasteiger partial charge in [-0.05, 0) is 24.3 Å². The smallest absolute Gasteiger partial charge is 0.152 e. The number of benzene rings is 1. The lowest BCUT2D eigenvalue weighted by molar-refractivity contribution is 0.0826. The number of nitrogens with zero attached hydrogens (tertiary/aromatic N) is 1. The fraction of sp³-hybridized carbons (Fsp3) is 0.222. The maximum absolute atomic E-state index is 5.76. The monoisotopic (exact) mass is 196 g/mol. The minimum Gasteiger partial charge on any atom is -0.273 e. The summed E-state index contributed by atoms with van der Waals surface area (Å²) in [6.45, 7) is 1.32. The topological polar surface area (TPSA) is 33.6 Å². The Bertz CT molecular complexity index is 321. The highest BCUT2D eigenvalue weighted by molar-refractivity contribution is 6.30. The first-order chi connectivity index (χ1) is 6.36. The van der Waals surface area contributed by atoms with Gasteiger partial charge in [0.25, 0.3) is 0 Å². The van der Waals surface area contributed by atoms with Gasteiger partial charge in [0.15, 0.2) is 5.84 Å². The second-order valence-corrected chi connectivity index (χ2v) is 3.12. The van der Waals surface area contributed by atoms with E-state index in [1.165, 1.54) is 0 Å². The Labute approximate surface area is 81.3 Å². The van der Waals surface area contributed by atoms with E-state index in [9.17, 15) is 0 Å². The zero-order chi connectivity index (χ0) is 9.10. The zero-order valence-electron chi connectivity index (χ0n) is 6.96. The molecule has 0 unspecified atom stereocenters. The first-order valence-electron chi connectivity index (χ1n) is 4.04. The van der Waals surface area contributed by atoms with Gasteiger partial charge in [-0.2, -0.15) is 0 Å². The Morgan fingerprint density at radius 3 is 2.69 bits per heavy atom. The summed E-state index contributed by atoms with van der Waals surface area (Å²) >= 11 is 5.76. The lowest BCUT2D eigenvalue weighted by atomic mass is 10.2. The SMILES string of the molecule is Clc1ccc(C2=NCCON2)cc1. The number of aliphatic imine (C=N–C) groups is 1. The summed E-state index contributed by atoms with van der Waals surface area (Å²) in [4.78, 5) is 9.32. The van der Waals surface area contributed by atoms with Gasteiger partial charge in [0.2, 0.25) is 0 Å². The maximum atomic E-state index is 5.76. The third-order valence-corrected chi connectivity index (χ3v) is 2.00. The van der Waals surface area contributed by atoms with Crippen LogP contribution in [0.25, 0.3) is 0 Å². The van der Waals surface area contributed by atoms with Crippen molar-refractivity contribution < 1.29 is 4.84 Å². The second kappa shape index (κ2) is 3.77. The molecule has 0 atom stereocenters. The third-order valence-electron chi connectivity index (χ3n) is 1.75. The predicted molar refractivity (Wildman–Crippen MR) is 51.9 cm³/mol. The highest BCUT2D eigenvalue weighted by Crippen LogP contribution is 2.10. The first-order valence-corrected chi connectivity index (χ1v) is 4.42. The van der Waals surface area contributed by atoms with E-state index in [2.05, 4.69) is 10.5 Å². The van der Waals surface area contributed by atoms with Crippen LogP contribution >= 0.6 is 11.6 Å². The minimum atomic E-state index is 0.622. The molecule has 0 saturated heterocycles. The Hall–Kier alpha value is -1.06. The van der Waals surface area contributed by atoms with Gasteiger partial charge in [0, 0.05) is 10.6 Å². The van der Waals surface area contributed by atoms with Crippen LogP contribution in [0.1, 0.15) is 5.56 Å². The summed E-state index contributed by atoms with van der Waals surface area (Å²) in [5.41, 5.74) is 3.75. The standard InChI is InChI=1S/C9H9ClN2O/c10-8-3-1-7(2-4-8)9-11-5-6-13-12-9/h1-4H,5-6H2,(H,11,12). The molecule has 1 aliphatic heterocycles. The van der Waals surface area contributed by atoms with Gasteiger partial charge in [0.05, 0.1) is 13.2 Å². The maximum Gasteiger partial charge on any atom is 0.152 e. The molecule has 1 aliphatic rings. The minimum absolute atomic E-state index is 0.622. The molecule has 0 amide bonds. The van der Waals surface area contributed by atoms with Crippen LogP contribution < -0.4 is 5.48 Å². The summed E-state index contributed by atoms with van der Waals surface area (Å²) < 4.78 is 0. The predicted octanol–water partition coefficient (Wildman–Crippen LogP) is 1.62. The van der Waals surface area contributed by atoms with E-state index in [0.717, 1.165) is 16.4 Å². The number of nitrogens with one attached hydrogen (secondary N) is 1. The average molecular weight is 197 g/mol. The van der Waals surface area contributed by atoms with Crippen molar-refractivity contribution in [2.75, 3.05) is 13.2 Å². The van der Waals surface area contributed by atoms with Crippen molar-refractivity contribution in [3.63, 3.8) is 0 Å². The van der Waals surface area contributed by atoms with E-state index in [1.54, 1.807) is 0 Å². The van der Waals surface area contributed by atoms with Crippen LogP contribution in [0.4, 0.5) is 0 Å². The molecule has 1 aromatic rings. The largest absolute Gasteiger partial charge is 0.273 e. The van der Waals surface area contributed by atoms with Crippen molar-refractivity contribution >= 4 is 17.4 Å². The normalized spacial score (nSPS) is 16.2. The van der Waals surface area contributed by atoms with E-state index in [4.69, 9.17) is 16.4 Å². The lowest BCUT2D eigenvalue weighted by Crippen LogP contribution is -2.30. The molecular formula is C9H9ClN2O. The van der Waals surface area contributed by atoms with Crippen molar-refractivity contribution in [1.29, 1.82) is 0 Å². The van der Waals surface area contributed by atoms with Gasteiger partial charge in [-0.3, -0.25) is 9.83 Å². The van der Waals surface area contributed by atoms with Gasteiger partial charge in [-0.15, -0.1) is 0 Å². The fourth-order valence-corrected chi connectivity index (χ4v) is 1.24. The summed E-state index contributed by atoms with van der Waals surface area (Å²) in [5.74, 6) is 0.767. The number of hydrogen-bond acceptors (Lipinski definition) is 3. The quantitative estimate of drug-likeness (QED) is 0.741. The molecule has 0 spiro atoms. The number of hydroxylamine groups is 1. The second-order valence-electron chi connectivity index (χ2n) is 2.69. The molecular weight excluding hydrogens is 188 g/mol. The molecule has 0 aliphatic carbocycles. The molecule has 68 valence electrons. The van der Waals surface area contributed by atoms with E-state index < -0.39 is 0 Å². The highest BCUT2D eigenvalue weighted by Gasteiger charge is 2.06. The van der Waals surface area contributed by atoms with Gasteiger partial charge in [-0.25, -0.2) is 5.48 Å². The van der Waals surface area contributed by atoms with Crippen molar-refractivity contribution in [3.8, 4) is 0 Å². The highest BCUT2D eigenvalue weighted by atomic mass is 35.5. The molecule has 3 nitrogen and oxygen atoms in total. The molecule has 0 radical (unpaired) electrons. The van der Waals surface area contributed by atoms with Gasteiger partial charge in [0.1, 0.15) is 0 Å². The summed E-state index contributed by atoms with van der Waals surface area (Å²) in [7, 11) is 0. The number of rotatable bonds is 1. The molecule has 1 aromatic carbocycles. The Kier molecular flexibility index (Phi) is 2.47. The van der Waals surface area contributed by atoms with Crippen LogP contribution in [0.15, 0.2) is 29.3 Å². The van der Waals surface area contributed by atoms with Crippen molar-refractivity contribution in [2.45, 2.75) is 0 Å². The van der Waals surface area contributed by atoms with Crippen LogP contribution in [-0.2, 0) is 4.84 Å². The summed E-state index contributed by atoms with van der Waals surface area (Å²) in [5, 5.41) is 0.723. The van der Waals surface area contributed by atoms with Crippen LogP contribution in [0.3, 0.4) is 0 Å². The molecule has 13 heavy (non-hydrogen) atoms. The number of halogens is 1. The number of hydrogen-bond donors (Lipinski definition) is 1. The van der Waals surface area contributed by atoms with E-state index in [0.29, 0.717) is 13.2 Å². The molecule has 1 heterocycles. The molecule has 0 saturated carbocycles.